The van der Waals surface area contributed by atoms with Gasteiger partial charge in [-0.25, -0.2) is 0 Å². The smallest absolute Gasteiger partial charge is 0.257 e. The van der Waals surface area contributed by atoms with Crippen LogP contribution in [0.25, 0.3) is 0 Å². The number of carbonyl (C=O) groups is 2. The van der Waals surface area contributed by atoms with E-state index in [0.717, 1.165) is 0 Å². The van der Waals surface area contributed by atoms with Crippen LogP contribution in [0.15, 0.2) is 24.3 Å². The van der Waals surface area contributed by atoms with Crippen LogP contribution in [0.4, 0.5) is 0 Å². The number of phenolic OH excluding ortho intramolecular Hbond substituents is 1. The quantitative estimate of drug-likeness (QED) is 0.827. The first-order chi connectivity index (χ1) is 9.61. The van der Waals surface area contributed by atoms with Crippen molar-refractivity contribution in [2.45, 2.75) is 18.9 Å². The van der Waals surface area contributed by atoms with Gasteiger partial charge in [-0.3, -0.25) is 9.59 Å². The Labute approximate surface area is 122 Å². The van der Waals surface area contributed by atoms with Crippen LogP contribution in [-0.4, -0.2) is 46.8 Å². The lowest BCUT2D eigenvalue weighted by Gasteiger charge is -2.32. The predicted octanol–water partition coefficient (Wildman–Crippen LogP) is 1.35. The zero-order valence-corrected chi connectivity index (χ0v) is 11.8. The fourth-order valence-electron chi connectivity index (χ4n) is 2.32. The molecule has 1 aromatic carbocycles. The first kappa shape index (κ1) is 14.7. The monoisotopic (exact) mass is 296 g/mol. The maximum absolute atomic E-state index is 12.3. The largest absolute Gasteiger partial charge is 0.507 e. The first-order valence-electron chi connectivity index (χ1n) is 6.54. The number of aromatic hydroxyl groups is 1. The first-order valence-corrected chi connectivity index (χ1v) is 7.08. The summed E-state index contributed by atoms with van der Waals surface area (Å²) in [7, 11) is 0. The van der Waals surface area contributed by atoms with Crippen molar-refractivity contribution < 1.29 is 14.7 Å². The lowest BCUT2D eigenvalue weighted by Crippen LogP contribution is -2.46. The molecule has 1 fully saturated rings. The van der Waals surface area contributed by atoms with Gasteiger partial charge in [0.1, 0.15) is 11.6 Å². The van der Waals surface area contributed by atoms with Crippen LogP contribution in [0.1, 0.15) is 23.2 Å². The molecule has 2 amide bonds. The summed E-state index contributed by atoms with van der Waals surface area (Å²) in [5.41, 5.74) is 0.316. The normalized spacial score (nSPS) is 15.9. The van der Waals surface area contributed by atoms with Crippen LogP contribution in [-0.2, 0) is 4.79 Å². The van der Waals surface area contributed by atoms with Gasteiger partial charge in [-0.2, -0.15) is 0 Å². The van der Waals surface area contributed by atoms with Gasteiger partial charge in [0.15, 0.2) is 0 Å². The highest BCUT2D eigenvalue weighted by atomic mass is 35.5. The van der Waals surface area contributed by atoms with Crippen molar-refractivity contribution in [3.8, 4) is 5.75 Å². The number of halogens is 1. The predicted molar refractivity (Wildman–Crippen MR) is 75.9 cm³/mol. The van der Waals surface area contributed by atoms with E-state index in [4.69, 9.17) is 11.6 Å². The Morgan fingerprint density at radius 1 is 1.30 bits per heavy atom. The van der Waals surface area contributed by atoms with Crippen LogP contribution in [0, 0.1) is 0 Å². The van der Waals surface area contributed by atoms with Gasteiger partial charge in [0.25, 0.3) is 5.91 Å². The van der Waals surface area contributed by atoms with Crippen LogP contribution in [0.2, 0.25) is 0 Å². The van der Waals surface area contributed by atoms with Crippen molar-refractivity contribution in [1.29, 1.82) is 0 Å². The lowest BCUT2D eigenvalue weighted by atomic mass is 10.0. The molecule has 0 radical (unpaired) electrons. The van der Waals surface area contributed by atoms with Gasteiger partial charge in [-0.05, 0) is 25.0 Å². The maximum atomic E-state index is 12.3. The Bertz CT molecular complexity index is 499. The lowest BCUT2D eigenvalue weighted by molar-refractivity contribution is -0.119. The zero-order chi connectivity index (χ0) is 14.5. The number of hydrogen-bond acceptors (Lipinski definition) is 3. The number of nitrogens with zero attached hydrogens (tertiary/aromatic N) is 1. The van der Waals surface area contributed by atoms with E-state index in [1.807, 2.05) is 0 Å². The van der Waals surface area contributed by atoms with E-state index in [1.165, 1.54) is 6.07 Å². The molecule has 0 bridgehead atoms. The van der Waals surface area contributed by atoms with E-state index in [-0.39, 0.29) is 29.5 Å². The number of amides is 2. The molecule has 5 nitrogen and oxygen atoms in total. The molecule has 0 atom stereocenters. The number of hydrogen-bond donors (Lipinski definition) is 2. The van der Waals surface area contributed by atoms with E-state index in [0.29, 0.717) is 31.5 Å². The number of nitrogens with one attached hydrogen (secondary N) is 1. The van der Waals surface area contributed by atoms with E-state index < -0.39 is 0 Å². The van der Waals surface area contributed by atoms with E-state index >= 15 is 0 Å². The number of carbonyl (C=O) groups excluding carboxylic acids is 2. The Kier molecular flexibility index (Phi) is 4.84. The summed E-state index contributed by atoms with van der Waals surface area (Å²) in [6.45, 7) is 1.11. The van der Waals surface area contributed by atoms with Gasteiger partial charge < -0.3 is 15.3 Å². The minimum Gasteiger partial charge on any atom is -0.507 e. The molecule has 2 rings (SSSR count). The van der Waals surface area contributed by atoms with Crippen molar-refractivity contribution in [3.63, 3.8) is 0 Å². The molecule has 0 spiro atoms. The summed E-state index contributed by atoms with van der Waals surface area (Å²) in [6, 6.07) is 6.58. The van der Waals surface area contributed by atoms with Gasteiger partial charge in [0.05, 0.1) is 5.56 Å². The third-order valence-electron chi connectivity index (χ3n) is 3.40. The van der Waals surface area contributed by atoms with Crippen LogP contribution >= 0.6 is 11.6 Å². The Morgan fingerprint density at radius 2 is 1.95 bits per heavy atom. The van der Waals surface area contributed by atoms with Crippen molar-refractivity contribution in [1.82, 2.24) is 10.2 Å². The van der Waals surface area contributed by atoms with E-state index in [9.17, 15) is 14.7 Å². The molecule has 1 saturated heterocycles. The highest BCUT2D eigenvalue weighted by Crippen LogP contribution is 2.20. The molecule has 0 saturated carbocycles. The molecular weight excluding hydrogens is 280 g/mol. The number of para-hydroxylation sites is 1. The number of phenols is 1. The standard InChI is InChI=1S/C14H17ClN2O3/c15-9-13(19)16-10-5-7-17(8-6-10)14(20)11-3-1-2-4-12(11)18/h1-4,10,18H,5-9H2,(H,16,19). The van der Waals surface area contributed by atoms with Crippen molar-refractivity contribution in [3.05, 3.63) is 29.8 Å². The van der Waals surface area contributed by atoms with Crippen LogP contribution in [0.3, 0.4) is 0 Å². The Balaban J connectivity index is 1.92. The number of piperidine rings is 1. The highest BCUT2D eigenvalue weighted by molar-refractivity contribution is 6.27. The van der Waals surface area contributed by atoms with Gasteiger partial charge in [-0.1, -0.05) is 12.1 Å². The van der Waals surface area contributed by atoms with Crippen molar-refractivity contribution in [2.75, 3.05) is 19.0 Å². The molecule has 2 N–H and O–H groups in total. The van der Waals surface area contributed by atoms with Crippen LogP contribution in [0.5, 0.6) is 5.75 Å². The van der Waals surface area contributed by atoms with Gasteiger partial charge in [0.2, 0.25) is 5.91 Å². The average molecular weight is 297 g/mol. The molecule has 1 aliphatic heterocycles. The van der Waals surface area contributed by atoms with Gasteiger partial charge in [0, 0.05) is 19.1 Å². The molecule has 1 aromatic rings. The molecule has 108 valence electrons. The molecule has 0 aliphatic carbocycles. The molecule has 6 heteroatoms. The number of rotatable bonds is 3. The number of benzene rings is 1. The summed E-state index contributed by atoms with van der Waals surface area (Å²) >= 11 is 5.44. The Hall–Kier alpha value is -1.75. The third kappa shape index (κ3) is 3.42. The molecule has 1 heterocycles. The second-order valence-corrected chi connectivity index (χ2v) is 5.05. The fourth-order valence-corrected chi connectivity index (χ4v) is 2.40. The molecule has 0 aromatic heterocycles. The van der Waals surface area contributed by atoms with Crippen molar-refractivity contribution >= 4 is 23.4 Å². The molecule has 0 unspecified atom stereocenters. The minimum atomic E-state index is -0.183. The fraction of sp³-hybridized carbons (Fsp3) is 0.429. The maximum Gasteiger partial charge on any atom is 0.257 e. The number of likely N-dealkylation sites (tertiary alicyclic amines) is 1. The topological polar surface area (TPSA) is 69.6 Å². The van der Waals surface area contributed by atoms with E-state index in [1.54, 1.807) is 23.1 Å². The van der Waals surface area contributed by atoms with Gasteiger partial charge >= 0.3 is 0 Å². The minimum absolute atomic E-state index is 0.00457. The van der Waals surface area contributed by atoms with Gasteiger partial charge in [-0.15, -0.1) is 11.6 Å². The third-order valence-corrected chi connectivity index (χ3v) is 3.65. The van der Waals surface area contributed by atoms with E-state index in [2.05, 4.69) is 5.32 Å². The highest BCUT2D eigenvalue weighted by Gasteiger charge is 2.25. The second-order valence-electron chi connectivity index (χ2n) is 4.78. The molecule has 20 heavy (non-hydrogen) atoms. The van der Waals surface area contributed by atoms with Crippen LogP contribution < -0.4 is 5.32 Å². The summed E-state index contributed by atoms with van der Waals surface area (Å²) in [5.74, 6) is -0.408. The summed E-state index contributed by atoms with van der Waals surface area (Å²) < 4.78 is 0. The van der Waals surface area contributed by atoms with Crippen molar-refractivity contribution in [2.24, 2.45) is 0 Å². The zero-order valence-electron chi connectivity index (χ0n) is 11.0. The summed E-state index contributed by atoms with van der Waals surface area (Å²) in [4.78, 5) is 25.2. The number of alkyl halides is 1. The second kappa shape index (κ2) is 6.61. The summed E-state index contributed by atoms with van der Waals surface area (Å²) in [5, 5.41) is 12.5. The SMILES string of the molecule is O=C(CCl)NC1CCN(C(=O)c2ccccc2O)CC1. The summed E-state index contributed by atoms with van der Waals surface area (Å²) in [6.07, 6.45) is 1.39. The molecular formula is C14H17ClN2O3. The Morgan fingerprint density at radius 3 is 2.55 bits per heavy atom. The molecule has 1 aliphatic rings. The average Bonchev–Trinajstić information content (AvgIpc) is 2.47.